The zero-order valence-corrected chi connectivity index (χ0v) is 15.2. The van der Waals surface area contributed by atoms with Gasteiger partial charge in [-0.25, -0.2) is 4.39 Å². The Morgan fingerprint density at radius 3 is 2.46 bits per heavy atom. The Morgan fingerprint density at radius 2 is 1.85 bits per heavy atom. The topological polar surface area (TPSA) is 74.2 Å². The zero-order valence-electron chi connectivity index (χ0n) is 14.4. The number of nitrogens with zero attached hydrogens (tertiary/aromatic N) is 2. The van der Waals surface area contributed by atoms with Crippen LogP contribution in [-0.2, 0) is 9.59 Å². The van der Waals surface area contributed by atoms with E-state index in [0.717, 1.165) is 10.7 Å². The van der Waals surface area contributed by atoms with Crippen molar-refractivity contribution in [2.24, 2.45) is 0 Å². The minimum Gasteiger partial charge on any atom is -0.330 e. The fourth-order valence-corrected chi connectivity index (χ4v) is 3.87. The second-order valence-corrected chi connectivity index (χ2v) is 7.44. The van der Waals surface area contributed by atoms with Crippen LogP contribution in [0.15, 0.2) is 24.3 Å². The molecule has 9 heteroatoms. The van der Waals surface area contributed by atoms with Crippen molar-refractivity contribution in [3.05, 3.63) is 30.1 Å². The van der Waals surface area contributed by atoms with E-state index in [-0.39, 0.29) is 29.4 Å². The fraction of sp³-hybridized carbons (Fsp3) is 0.471. The predicted molar refractivity (Wildman–Crippen MR) is 96.6 cm³/mol. The van der Waals surface area contributed by atoms with Crippen molar-refractivity contribution < 1.29 is 23.7 Å². The van der Waals surface area contributed by atoms with Gasteiger partial charge in [-0.05, 0) is 24.3 Å². The van der Waals surface area contributed by atoms with E-state index in [9.17, 15) is 18.8 Å². The van der Waals surface area contributed by atoms with E-state index in [2.05, 4.69) is 5.32 Å². The highest BCUT2D eigenvalue weighted by Gasteiger charge is 2.29. The lowest BCUT2D eigenvalue weighted by Gasteiger charge is -2.32. The fourth-order valence-electron chi connectivity index (χ4n) is 3.05. The van der Waals surface area contributed by atoms with Crippen molar-refractivity contribution in [3.63, 3.8) is 0 Å². The molecular weight excluding hydrogens is 359 g/mol. The Kier molecular flexibility index (Phi) is 6.10. The van der Waals surface area contributed by atoms with E-state index < -0.39 is 0 Å². The van der Waals surface area contributed by atoms with E-state index in [1.54, 1.807) is 9.80 Å². The zero-order chi connectivity index (χ0) is 18.5. The number of carbonyl (C=O) groups is 3. The van der Waals surface area contributed by atoms with Gasteiger partial charge in [0, 0.05) is 18.0 Å². The lowest BCUT2D eigenvalue weighted by molar-refractivity contribution is -0.895. The Balaban J connectivity index is 1.40. The maximum Gasteiger partial charge on any atom is 0.282 e. The van der Waals surface area contributed by atoms with Gasteiger partial charge in [0.25, 0.3) is 11.1 Å². The first-order valence-corrected chi connectivity index (χ1v) is 9.58. The van der Waals surface area contributed by atoms with Gasteiger partial charge >= 0.3 is 0 Å². The molecule has 26 heavy (non-hydrogen) atoms. The number of hydrogen-bond acceptors (Lipinski definition) is 4. The third kappa shape index (κ3) is 4.95. The molecule has 2 aliphatic heterocycles. The number of thioether (sulfide) groups is 1. The number of rotatable bonds is 5. The van der Waals surface area contributed by atoms with Crippen molar-refractivity contribution in [1.29, 1.82) is 0 Å². The molecule has 0 bridgehead atoms. The third-order valence-electron chi connectivity index (χ3n) is 4.53. The monoisotopic (exact) mass is 381 g/mol. The number of nitrogens with one attached hydrogen (secondary N) is 2. The molecule has 2 fully saturated rings. The van der Waals surface area contributed by atoms with E-state index >= 15 is 0 Å². The molecular formula is C17H22FN4O3S+. The van der Waals surface area contributed by atoms with Crippen LogP contribution < -0.4 is 10.2 Å². The van der Waals surface area contributed by atoms with Gasteiger partial charge in [-0.3, -0.25) is 14.4 Å². The summed E-state index contributed by atoms with van der Waals surface area (Å²) in [5, 5.41) is 2.72. The smallest absolute Gasteiger partial charge is 0.282 e. The maximum atomic E-state index is 12.9. The average Bonchev–Trinajstić information content (AvgIpc) is 3.02. The minimum atomic E-state index is -0.344. The molecule has 7 nitrogen and oxygen atoms in total. The molecule has 0 spiro atoms. The lowest BCUT2D eigenvalue weighted by atomic mass is 10.3. The molecule has 3 rings (SSSR count). The van der Waals surface area contributed by atoms with Gasteiger partial charge in [-0.15, -0.1) is 0 Å². The number of benzene rings is 1. The van der Waals surface area contributed by atoms with Crippen LogP contribution in [0.2, 0.25) is 0 Å². The highest BCUT2D eigenvalue weighted by molar-refractivity contribution is 8.13. The SMILES string of the molecule is O=C(C[NH+]1CCN(C(=O)CN2CCSC2=O)CC1)Nc1ccc(F)cc1. The van der Waals surface area contributed by atoms with Crippen molar-refractivity contribution in [2.45, 2.75) is 0 Å². The van der Waals surface area contributed by atoms with Crippen LogP contribution in [0, 0.1) is 5.82 Å². The number of hydrogen-bond donors (Lipinski definition) is 2. The van der Waals surface area contributed by atoms with Gasteiger partial charge in [-0.2, -0.15) is 0 Å². The largest absolute Gasteiger partial charge is 0.330 e. The molecule has 0 saturated carbocycles. The average molecular weight is 381 g/mol. The van der Waals surface area contributed by atoms with Gasteiger partial charge < -0.3 is 20.0 Å². The third-order valence-corrected chi connectivity index (χ3v) is 5.42. The van der Waals surface area contributed by atoms with Crippen molar-refractivity contribution in [3.8, 4) is 0 Å². The molecule has 0 radical (unpaired) electrons. The number of carbonyl (C=O) groups excluding carboxylic acids is 3. The van der Waals surface area contributed by atoms with Crippen LogP contribution in [0.4, 0.5) is 14.9 Å². The number of amides is 3. The number of halogens is 1. The summed E-state index contributed by atoms with van der Waals surface area (Å²) < 4.78 is 12.9. The summed E-state index contributed by atoms with van der Waals surface area (Å²) in [5.74, 6) is 0.234. The second-order valence-electron chi connectivity index (χ2n) is 6.40. The quantitative estimate of drug-likeness (QED) is 0.732. The van der Waals surface area contributed by atoms with Crippen LogP contribution in [0.5, 0.6) is 0 Å². The van der Waals surface area contributed by atoms with E-state index in [1.807, 2.05) is 0 Å². The molecule has 3 amide bonds. The van der Waals surface area contributed by atoms with E-state index in [0.29, 0.717) is 45.0 Å². The highest BCUT2D eigenvalue weighted by Crippen LogP contribution is 2.16. The van der Waals surface area contributed by atoms with Crippen LogP contribution in [0.1, 0.15) is 0 Å². The molecule has 1 aromatic carbocycles. The Labute approximate surface area is 155 Å². The second kappa shape index (κ2) is 8.50. The van der Waals surface area contributed by atoms with Gasteiger partial charge in [0.15, 0.2) is 6.54 Å². The summed E-state index contributed by atoms with van der Waals surface area (Å²) >= 11 is 1.25. The number of quaternary nitrogens is 1. The summed E-state index contributed by atoms with van der Waals surface area (Å²) in [7, 11) is 0. The normalized spacial score (nSPS) is 18.3. The van der Waals surface area contributed by atoms with Crippen LogP contribution in [-0.4, -0.2) is 78.4 Å². The first kappa shape index (κ1) is 18.7. The summed E-state index contributed by atoms with van der Waals surface area (Å²) in [6, 6.07) is 5.65. The Hall–Kier alpha value is -2.13. The summed E-state index contributed by atoms with van der Waals surface area (Å²) in [5.41, 5.74) is 0.567. The van der Waals surface area contributed by atoms with E-state index in [1.165, 1.54) is 36.0 Å². The summed E-state index contributed by atoms with van der Waals surface area (Å²) in [6.07, 6.45) is 0. The summed E-state index contributed by atoms with van der Waals surface area (Å²) in [4.78, 5) is 40.4. The first-order valence-electron chi connectivity index (χ1n) is 8.60. The lowest BCUT2D eigenvalue weighted by Crippen LogP contribution is -3.15. The predicted octanol–water partition coefficient (Wildman–Crippen LogP) is -0.340. The Bertz CT molecular complexity index is 677. The van der Waals surface area contributed by atoms with Crippen LogP contribution in [0.3, 0.4) is 0 Å². The number of anilines is 1. The molecule has 2 heterocycles. The van der Waals surface area contributed by atoms with Gasteiger partial charge in [-0.1, -0.05) is 11.8 Å². The maximum absolute atomic E-state index is 12.9. The minimum absolute atomic E-state index is 0.0277. The van der Waals surface area contributed by atoms with Crippen LogP contribution >= 0.6 is 11.8 Å². The molecule has 140 valence electrons. The Morgan fingerprint density at radius 1 is 1.15 bits per heavy atom. The molecule has 0 aromatic heterocycles. The summed E-state index contributed by atoms with van der Waals surface area (Å²) in [6.45, 7) is 3.60. The van der Waals surface area contributed by atoms with Crippen molar-refractivity contribution >= 4 is 34.5 Å². The highest BCUT2D eigenvalue weighted by atomic mass is 32.2. The first-order chi connectivity index (χ1) is 12.5. The van der Waals surface area contributed by atoms with Gasteiger partial charge in [0.2, 0.25) is 5.91 Å². The standard InChI is InChI=1S/C17H21FN4O3S/c18-13-1-3-14(4-2-13)19-15(23)11-20-5-7-21(8-6-20)16(24)12-22-9-10-26-17(22)25/h1-4H,5-12H2,(H,19,23)/p+1. The molecule has 2 saturated heterocycles. The van der Waals surface area contributed by atoms with Gasteiger partial charge in [0.05, 0.1) is 26.2 Å². The molecule has 0 unspecified atom stereocenters. The van der Waals surface area contributed by atoms with Crippen molar-refractivity contribution in [2.75, 3.05) is 56.9 Å². The molecule has 0 aliphatic carbocycles. The number of piperazine rings is 1. The van der Waals surface area contributed by atoms with Crippen LogP contribution in [0.25, 0.3) is 0 Å². The van der Waals surface area contributed by atoms with Gasteiger partial charge in [0.1, 0.15) is 12.4 Å². The molecule has 0 atom stereocenters. The molecule has 2 aliphatic rings. The molecule has 1 aromatic rings. The molecule has 2 N–H and O–H groups in total. The van der Waals surface area contributed by atoms with E-state index in [4.69, 9.17) is 0 Å². The van der Waals surface area contributed by atoms with Crippen molar-refractivity contribution in [1.82, 2.24) is 9.80 Å².